The fourth-order valence-corrected chi connectivity index (χ4v) is 4.83. The van der Waals surface area contributed by atoms with Gasteiger partial charge in [-0.15, -0.1) is 24.0 Å². The van der Waals surface area contributed by atoms with E-state index in [2.05, 4.69) is 42.9 Å². The molecule has 0 aliphatic carbocycles. The Hall–Kier alpha value is -0.830. The third-order valence-electron chi connectivity index (χ3n) is 6.30. The van der Waals surface area contributed by atoms with Crippen LogP contribution in [0.2, 0.25) is 0 Å². The Morgan fingerprint density at radius 3 is 2.52 bits per heavy atom. The minimum Gasteiger partial charge on any atom is -0.357 e. The number of aryl methyl sites for hydroxylation is 2. The molecule has 1 aromatic heterocycles. The topological polar surface area (TPSA) is 48.7 Å². The molecule has 1 N–H and O–H groups in total. The highest BCUT2D eigenvalue weighted by molar-refractivity contribution is 14.0. The fraction of sp³-hybridized carbons (Fsp3) is 0.818. The van der Waals surface area contributed by atoms with Crippen LogP contribution in [0.4, 0.5) is 0 Å². The third-order valence-corrected chi connectivity index (χ3v) is 6.30. The molecular formula is C22H41IN6. The van der Waals surface area contributed by atoms with Gasteiger partial charge in [-0.25, -0.2) is 4.99 Å². The molecule has 0 aromatic carbocycles. The van der Waals surface area contributed by atoms with E-state index in [1.807, 2.05) is 4.68 Å². The Kier molecular flexibility index (Phi) is 10.2. The van der Waals surface area contributed by atoms with Crippen LogP contribution in [0, 0.1) is 5.92 Å². The zero-order valence-corrected chi connectivity index (χ0v) is 21.2. The maximum Gasteiger partial charge on any atom is 0.194 e. The average Bonchev–Trinajstić information content (AvgIpc) is 3.29. The number of nitrogens with zero attached hydrogens (tertiary/aromatic N) is 5. The van der Waals surface area contributed by atoms with Crippen molar-refractivity contribution >= 4 is 29.9 Å². The summed E-state index contributed by atoms with van der Waals surface area (Å²) < 4.78 is 2.04. The van der Waals surface area contributed by atoms with Gasteiger partial charge >= 0.3 is 0 Å². The summed E-state index contributed by atoms with van der Waals surface area (Å²) in [7, 11) is 2.06. The maximum absolute atomic E-state index is 5.04. The summed E-state index contributed by atoms with van der Waals surface area (Å²) in [6.45, 7) is 14.3. The maximum atomic E-state index is 5.04. The first-order chi connectivity index (χ1) is 13.7. The molecule has 2 saturated heterocycles. The van der Waals surface area contributed by atoms with Crippen molar-refractivity contribution in [1.29, 1.82) is 0 Å². The minimum absolute atomic E-state index is 0. The molecular weight excluding hydrogens is 475 g/mol. The molecule has 1 aromatic rings. The van der Waals surface area contributed by atoms with Gasteiger partial charge in [-0.05, 0) is 58.0 Å². The van der Waals surface area contributed by atoms with Crippen LogP contribution in [0.15, 0.2) is 4.99 Å². The highest BCUT2D eigenvalue weighted by atomic mass is 127. The number of nitrogens with one attached hydrogen (secondary N) is 1. The monoisotopic (exact) mass is 516 g/mol. The van der Waals surface area contributed by atoms with E-state index in [0.29, 0.717) is 0 Å². The van der Waals surface area contributed by atoms with Gasteiger partial charge in [-0.2, -0.15) is 5.10 Å². The van der Waals surface area contributed by atoms with E-state index in [1.165, 1.54) is 62.3 Å². The second-order valence-corrected chi connectivity index (χ2v) is 8.33. The van der Waals surface area contributed by atoms with Crippen LogP contribution in [-0.2, 0) is 26.4 Å². The summed E-state index contributed by atoms with van der Waals surface area (Å²) in [4.78, 5) is 10.2. The van der Waals surface area contributed by atoms with Gasteiger partial charge in [0, 0.05) is 44.5 Å². The molecule has 1 atom stereocenters. The molecule has 2 aliphatic rings. The molecule has 3 heterocycles. The first-order valence-corrected chi connectivity index (χ1v) is 11.4. The fourth-order valence-electron chi connectivity index (χ4n) is 4.83. The number of likely N-dealkylation sites (tertiary alicyclic amines) is 2. The van der Waals surface area contributed by atoms with Crippen LogP contribution in [0.5, 0.6) is 0 Å². The van der Waals surface area contributed by atoms with Crippen molar-refractivity contribution in [3.63, 3.8) is 0 Å². The summed E-state index contributed by atoms with van der Waals surface area (Å²) in [5, 5.41) is 8.24. The van der Waals surface area contributed by atoms with Gasteiger partial charge in [0.05, 0.1) is 12.2 Å². The second kappa shape index (κ2) is 12.1. The lowest BCUT2D eigenvalue weighted by Gasteiger charge is -2.29. The highest BCUT2D eigenvalue weighted by Crippen LogP contribution is 2.21. The van der Waals surface area contributed by atoms with Gasteiger partial charge in [-0.1, -0.05) is 20.3 Å². The standard InChI is InChI=1S/C22H40N6.HI/c1-5-20-19(21(6-2)26(4)25-20)15-24-22(23-7-3)28-14-11-18(17-28)16-27-12-9-8-10-13-27;/h18H,5-17H2,1-4H3,(H,23,24);1H. The van der Waals surface area contributed by atoms with E-state index >= 15 is 0 Å². The van der Waals surface area contributed by atoms with Crippen LogP contribution in [0.25, 0.3) is 0 Å². The lowest BCUT2D eigenvalue weighted by molar-refractivity contribution is 0.198. The Bertz CT molecular complexity index is 650. The van der Waals surface area contributed by atoms with Crippen molar-refractivity contribution in [2.75, 3.05) is 39.3 Å². The molecule has 3 rings (SSSR count). The van der Waals surface area contributed by atoms with E-state index in [-0.39, 0.29) is 24.0 Å². The van der Waals surface area contributed by atoms with Gasteiger partial charge < -0.3 is 15.1 Å². The molecule has 1 unspecified atom stereocenters. The third kappa shape index (κ3) is 6.32. The van der Waals surface area contributed by atoms with Gasteiger partial charge in [0.15, 0.2) is 5.96 Å². The summed E-state index contributed by atoms with van der Waals surface area (Å²) in [6.07, 6.45) is 7.44. The Balaban J connectivity index is 0.00000300. The summed E-state index contributed by atoms with van der Waals surface area (Å²) in [6, 6.07) is 0. The molecule has 166 valence electrons. The SMILES string of the molecule is CCNC(=NCc1c(CC)nn(C)c1CC)N1CCC(CN2CCCCC2)C1.I. The molecule has 2 aliphatic heterocycles. The number of hydrogen-bond donors (Lipinski definition) is 1. The van der Waals surface area contributed by atoms with Crippen LogP contribution < -0.4 is 5.32 Å². The predicted octanol–water partition coefficient (Wildman–Crippen LogP) is 3.44. The van der Waals surface area contributed by atoms with Crippen LogP contribution >= 0.6 is 24.0 Å². The van der Waals surface area contributed by atoms with Crippen molar-refractivity contribution < 1.29 is 0 Å². The van der Waals surface area contributed by atoms with E-state index in [9.17, 15) is 0 Å². The van der Waals surface area contributed by atoms with E-state index in [4.69, 9.17) is 10.1 Å². The Morgan fingerprint density at radius 1 is 1.10 bits per heavy atom. The number of aliphatic imine (C=N–C) groups is 1. The van der Waals surface area contributed by atoms with E-state index in [1.54, 1.807) is 0 Å². The van der Waals surface area contributed by atoms with Gasteiger partial charge in [0.1, 0.15) is 0 Å². The average molecular weight is 517 g/mol. The zero-order chi connectivity index (χ0) is 19.9. The molecule has 7 heteroatoms. The number of guanidine groups is 1. The smallest absolute Gasteiger partial charge is 0.194 e. The molecule has 6 nitrogen and oxygen atoms in total. The molecule has 29 heavy (non-hydrogen) atoms. The largest absolute Gasteiger partial charge is 0.357 e. The van der Waals surface area contributed by atoms with Crippen molar-refractivity contribution in [1.82, 2.24) is 24.9 Å². The summed E-state index contributed by atoms with van der Waals surface area (Å²) >= 11 is 0. The molecule has 0 radical (unpaired) electrons. The first-order valence-electron chi connectivity index (χ1n) is 11.4. The van der Waals surface area contributed by atoms with Gasteiger partial charge in [-0.3, -0.25) is 4.68 Å². The minimum atomic E-state index is 0. The molecule has 0 saturated carbocycles. The molecule has 2 fully saturated rings. The number of piperidine rings is 1. The van der Waals surface area contributed by atoms with Crippen molar-refractivity contribution in [2.45, 2.75) is 65.8 Å². The number of aromatic nitrogens is 2. The molecule has 0 amide bonds. The number of halogens is 1. The Morgan fingerprint density at radius 2 is 1.86 bits per heavy atom. The normalized spacial score (nSPS) is 20.8. The van der Waals surface area contributed by atoms with Crippen molar-refractivity contribution in [2.24, 2.45) is 18.0 Å². The predicted molar refractivity (Wildman–Crippen MR) is 132 cm³/mol. The zero-order valence-electron chi connectivity index (χ0n) is 18.9. The molecule has 0 spiro atoms. The Labute approximate surface area is 194 Å². The summed E-state index contributed by atoms with van der Waals surface area (Å²) in [5.41, 5.74) is 3.84. The number of rotatable bonds is 7. The second-order valence-electron chi connectivity index (χ2n) is 8.33. The molecule has 0 bridgehead atoms. The highest BCUT2D eigenvalue weighted by Gasteiger charge is 2.27. The summed E-state index contributed by atoms with van der Waals surface area (Å²) in [5.74, 6) is 1.86. The van der Waals surface area contributed by atoms with Crippen molar-refractivity contribution in [3.8, 4) is 0 Å². The van der Waals surface area contributed by atoms with Crippen LogP contribution in [0.3, 0.4) is 0 Å². The first kappa shape index (κ1) is 24.4. The number of hydrogen-bond acceptors (Lipinski definition) is 3. The van der Waals surface area contributed by atoms with Gasteiger partial charge in [0.2, 0.25) is 0 Å². The van der Waals surface area contributed by atoms with Gasteiger partial charge in [0.25, 0.3) is 0 Å². The quantitative estimate of drug-likeness (QED) is 0.343. The lowest BCUT2D eigenvalue weighted by atomic mass is 10.1. The van der Waals surface area contributed by atoms with Crippen LogP contribution in [0.1, 0.15) is 63.4 Å². The van der Waals surface area contributed by atoms with E-state index in [0.717, 1.165) is 50.9 Å². The van der Waals surface area contributed by atoms with E-state index < -0.39 is 0 Å². The van der Waals surface area contributed by atoms with Crippen molar-refractivity contribution in [3.05, 3.63) is 17.0 Å². The lowest BCUT2D eigenvalue weighted by Crippen LogP contribution is -2.41. The van der Waals surface area contributed by atoms with Crippen LogP contribution in [-0.4, -0.2) is 64.8 Å².